The van der Waals surface area contributed by atoms with Gasteiger partial charge in [-0.3, -0.25) is 0 Å². The van der Waals surface area contributed by atoms with Crippen LogP contribution < -0.4 is 0 Å². The van der Waals surface area contributed by atoms with Gasteiger partial charge in [0.25, 0.3) is 0 Å². The molecule has 3 rings (SSSR count). The third-order valence-corrected chi connectivity index (χ3v) is 7.37. The summed E-state index contributed by atoms with van der Waals surface area (Å²) in [7, 11) is 4.22. The third kappa shape index (κ3) is 2.71. The van der Waals surface area contributed by atoms with E-state index in [-0.39, 0.29) is 0 Å². The normalized spacial score (nSPS) is 28.8. The Hall–Kier alpha value is 0.400. The zero-order valence-electron chi connectivity index (χ0n) is 9.82. The summed E-state index contributed by atoms with van der Waals surface area (Å²) in [5, 5.41) is 0.849. The summed E-state index contributed by atoms with van der Waals surface area (Å²) in [5.74, 6) is 2.15. The van der Waals surface area contributed by atoms with Gasteiger partial charge in [0.05, 0.1) is 0 Å². The van der Waals surface area contributed by atoms with Crippen LogP contribution in [0.1, 0.15) is 42.7 Å². The maximum Gasteiger partial charge on any atom is 0.0220 e. The number of hydrogen-bond acceptors (Lipinski definition) is 2. The van der Waals surface area contributed by atoms with Crippen molar-refractivity contribution in [3.8, 4) is 0 Å². The summed E-state index contributed by atoms with van der Waals surface area (Å²) < 4.78 is 1.25. The molecule has 2 atom stereocenters. The van der Waals surface area contributed by atoms with E-state index in [0.29, 0.717) is 0 Å². The van der Waals surface area contributed by atoms with Crippen molar-refractivity contribution in [2.75, 3.05) is 5.75 Å². The van der Waals surface area contributed by atoms with E-state index < -0.39 is 0 Å². The molecule has 0 nitrogen and oxygen atoms in total. The predicted molar refractivity (Wildman–Crippen MR) is 82.9 cm³/mol. The highest BCUT2D eigenvalue weighted by Crippen LogP contribution is 2.47. The molecule has 0 radical (unpaired) electrons. The summed E-state index contributed by atoms with van der Waals surface area (Å²) in [6.07, 6.45) is 6.86. The first-order valence-corrected chi connectivity index (χ1v) is 9.59. The van der Waals surface area contributed by atoms with Crippen molar-refractivity contribution in [1.82, 2.24) is 0 Å². The van der Waals surface area contributed by atoms with E-state index in [1.54, 1.807) is 11.1 Å². The lowest BCUT2D eigenvalue weighted by atomic mass is 9.80. The van der Waals surface area contributed by atoms with Gasteiger partial charge in [-0.25, -0.2) is 0 Å². The van der Waals surface area contributed by atoms with Gasteiger partial charge in [0.1, 0.15) is 0 Å². The Bertz CT molecular complexity index is 399. The minimum atomic E-state index is 0.800. The molecular weight excluding hydrogens is 312 g/mol. The molecule has 3 heteroatoms. The van der Waals surface area contributed by atoms with Crippen LogP contribution in [0.5, 0.6) is 0 Å². The minimum Gasteiger partial charge on any atom is -0.0939 e. The van der Waals surface area contributed by atoms with E-state index in [1.165, 1.54) is 42.3 Å². The molecule has 1 fully saturated rings. The Morgan fingerprint density at radius 3 is 2.94 bits per heavy atom. The van der Waals surface area contributed by atoms with Crippen molar-refractivity contribution in [2.24, 2.45) is 0 Å². The van der Waals surface area contributed by atoms with E-state index in [1.807, 2.05) is 0 Å². The topological polar surface area (TPSA) is 0 Å². The maximum absolute atomic E-state index is 3.63. The quantitative estimate of drug-likeness (QED) is 0.632. The van der Waals surface area contributed by atoms with Crippen molar-refractivity contribution in [1.29, 1.82) is 0 Å². The molecule has 0 saturated carbocycles. The molecule has 1 aliphatic heterocycles. The highest BCUT2D eigenvalue weighted by atomic mass is 79.9. The second kappa shape index (κ2) is 5.58. The molecule has 2 aliphatic rings. The van der Waals surface area contributed by atoms with Crippen LogP contribution in [0.4, 0.5) is 0 Å². The highest BCUT2D eigenvalue weighted by molar-refractivity contribution is 9.10. The van der Waals surface area contributed by atoms with Crippen molar-refractivity contribution in [3.05, 3.63) is 33.8 Å². The van der Waals surface area contributed by atoms with Crippen LogP contribution in [0.25, 0.3) is 0 Å². The molecular formula is C14H17BrS2. The maximum atomic E-state index is 3.63. The highest BCUT2D eigenvalue weighted by Gasteiger charge is 2.29. The standard InChI is InChI=1S/C14H17BrS2/c15-11-7-6-10-3-1-4-12(13(10)9-11)14-5-2-8-16-17-14/h6-7,9,12,14H,1-5,8H2/t12?,14-/m0/s1. The van der Waals surface area contributed by atoms with Gasteiger partial charge in [0.15, 0.2) is 0 Å². The fourth-order valence-electron chi connectivity index (χ4n) is 2.99. The summed E-state index contributed by atoms with van der Waals surface area (Å²) >= 11 is 3.63. The van der Waals surface area contributed by atoms with Crippen LogP contribution in [0, 0.1) is 0 Å². The minimum absolute atomic E-state index is 0.800. The molecule has 0 bridgehead atoms. The molecule has 17 heavy (non-hydrogen) atoms. The Morgan fingerprint density at radius 1 is 1.18 bits per heavy atom. The largest absolute Gasteiger partial charge is 0.0939 e. The average Bonchev–Trinajstić information content (AvgIpc) is 2.39. The molecule has 1 heterocycles. The van der Waals surface area contributed by atoms with E-state index >= 15 is 0 Å². The van der Waals surface area contributed by atoms with Gasteiger partial charge in [-0.1, -0.05) is 43.6 Å². The molecule has 0 spiro atoms. The fraction of sp³-hybridized carbons (Fsp3) is 0.571. The van der Waals surface area contributed by atoms with Crippen molar-refractivity contribution >= 4 is 37.5 Å². The van der Waals surface area contributed by atoms with Crippen molar-refractivity contribution in [2.45, 2.75) is 43.3 Å². The van der Waals surface area contributed by atoms with Crippen LogP contribution >= 0.6 is 37.5 Å². The fourth-order valence-corrected chi connectivity index (χ4v) is 6.46. The van der Waals surface area contributed by atoms with Gasteiger partial charge in [0.2, 0.25) is 0 Å². The lowest BCUT2D eigenvalue weighted by molar-refractivity contribution is 0.514. The molecule has 1 aromatic carbocycles. The molecule has 0 aromatic heterocycles. The van der Waals surface area contributed by atoms with Gasteiger partial charge in [-0.05, 0) is 61.3 Å². The summed E-state index contributed by atoms with van der Waals surface area (Å²) in [6.45, 7) is 0. The smallest absolute Gasteiger partial charge is 0.0220 e. The Kier molecular flexibility index (Phi) is 4.08. The van der Waals surface area contributed by atoms with Gasteiger partial charge >= 0.3 is 0 Å². The van der Waals surface area contributed by atoms with Crippen LogP contribution in [0.15, 0.2) is 22.7 Å². The number of fused-ring (bicyclic) bond motifs is 1. The monoisotopic (exact) mass is 328 g/mol. The Balaban J connectivity index is 1.89. The number of halogens is 1. The lowest BCUT2D eigenvalue weighted by Crippen LogP contribution is -2.22. The zero-order valence-corrected chi connectivity index (χ0v) is 13.0. The number of aryl methyl sites for hydroxylation is 1. The first kappa shape index (κ1) is 12.4. The molecule has 0 N–H and O–H groups in total. The molecule has 0 amide bonds. The Labute approximate surface area is 120 Å². The van der Waals surface area contributed by atoms with Gasteiger partial charge < -0.3 is 0 Å². The van der Waals surface area contributed by atoms with Crippen LogP contribution in [-0.4, -0.2) is 11.0 Å². The van der Waals surface area contributed by atoms with E-state index in [4.69, 9.17) is 0 Å². The first-order chi connectivity index (χ1) is 8.34. The second-order valence-corrected chi connectivity index (χ2v) is 8.58. The predicted octanol–water partition coefficient (Wildman–Crippen LogP) is 5.41. The average molecular weight is 329 g/mol. The van der Waals surface area contributed by atoms with Crippen LogP contribution in [-0.2, 0) is 6.42 Å². The third-order valence-electron chi connectivity index (χ3n) is 3.83. The number of rotatable bonds is 1. The molecule has 1 saturated heterocycles. The van der Waals surface area contributed by atoms with Gasteiger partial charge in [-0.2, -0.15) is 0 Å². The zero-order chi connectivity index (χ0) is 11.7. The summed E-state index contributed by atoms with van der Waals surface area (Å²) in [6, 6.07) is 6.90. The number of hydrogen-bond donors (Lipinski definition) is 0. The second-order valence-electron chi connectivity index (χ2n) is 4.94. The summed E-state index contributed by atoms with van der Waals surface area (Å²) in [4.78, 5) is 0. The van der Waals surface area contributed by atoms with Crippen LogP contribution in [0.2, 0.25) is 0 Å². The van der Waals surface area contributed by atoms with Crippen molar-refractivity contribution < 1.29 is 0 Å². The first-order valence-electron chi connectivity index (χ1n) is 6.41. The van der Waals surface area contributed by atoms with E-state index in [0.717, 1.165) is 11.2 Å². The van der Waals surface area contributed by atoms with Crippen LogP contribution in [0.3, 0.4) is 0 Å². The molecule has 1 aliphatic carbocycles. The summed E-state index contributed by atoms with van der Waals surface area (Å²) in [5.41, 5.74) is 3.23. The van der Waals surface area contributed by atoms with E-state index in [2.05, 4.69) is 55.7 Å². The SMILES string of the molecule is Brc1ccc2c(c1)C([C@@H]1CCCSS1)CCC2. The van der Waals surface area contributed by atoms with Gasteiger partial charge in [-0.15, -0.1) is 0 Å². The number of benzene rings is 1. The van der Waals surface area contributed by atoms with Gasteiger partial charge in [0, 0.05) is 15.5 Å². The van der Waals surface area contributed by atoms with Crippen molar-refractivity contribution in [3.63, 3.8) is 0 Å². The lowest BCUT2D eigenvalue weighted by Gasteiger charge is -2.33. The van der Waals surface area contributed by atoms with E-state index in [9.17, 15) is 0 Å². The molecule has 1 unspecified atom stereocenters. The molecule has 92 valence electrons. The molecule has 1 aromatic rings. The Morgan fingerprint density at radius 2 is 2.12 bits per heavy atom.